The van der Waals surface area contributed by atoms with Crippen molar-refractivity contribution in [2.24, 2.45) is 0 Å². The Bertz CT molecular complexity index is 766. The fraction of sp³-hybridized carbons (Fsp3) is 0.389. The Morgan fingerprint density at radius 1 is 1.30 bits per heavy atom. The number of nitrogens with zero attached hydrogens (tertiary/aromatic N) is 1. The average molecular weight is 392 g/mol. The number of hydrogen-bond acceptors (Lipinski definition) is 7. The van der Waals surface area contributed by atoms with E-state index < -0.39 is 17.9 Å². The van der Waals surface area contributed by atoms with Gasteiger partial charge in [-0.05, 0) is 24.6 Å². The lowest BCUT2D eigenvalue weighted by Crippen LogP contribution is -2.70. The summed E-state index contributed by atoms with van der Waals surface area (Å²) >= 11 is 1.49. The number of nitrogens with one attached hydrogen (secondary N) is 1. The van der Waals surface area contributed by atoms with Crippen LogP contribution in [-0.4, -0.2) is 60.4 Å². The third-order valence-electron chi connectivity index (χ3n) is 4.09. The zero-order chi connectivity index (χ0) is 19.4. The van der Waals surface area contributed by atoms with Crippen molar-refractivity contribution in [2.75, 3.05) is 26.3 Å². The first-order valence-electron chi connectivity index (χ1n) is 8.30. The summed E-state index contributed by atoms with van der Waals surface area (Å²) in [7, 11) is 1.41. The van der Waals surface area contributed by atoms with E-state index in [1.165, 1.54) is 23.8 Å². The van der Waals surface area contributed by atoms with E-state index in [1.54, 1.807) is 31.2 Å². The summed E-state index contributed by atoms with van der Waals surface area (Å²) in [4.78, 5) is 38.2. The van der Waals surface area contributed by atoms with Crippen molar-refractivity contribution in [3.05, 3.63) is 41.6 Å². The summed E-state index contributed by atoms with van der Waals surface area (Å²) in [6, 6.07) is 8.24. The van der Waals surface area contributed by atoms with Crippen molar-refractivity contribution in [3.63, 3.8) is 0 Å². The third-order valence-corrected chi connectivity index (χ3v) is 5.51. The molecule has 2 amide bonds. The van der Waals surface area contributed by atoms with Gasteiger partial charge in [-0.3, -0.25) is 14.5 Å². The molecule has 0 radical (unpaired) electrons. The molecule has 2 atom stereocenters. The number of hydrogen-bond donors (Lipinski definition) is 1. The highest BCUT2D eigenvalue weighted by molar-refractivity contribution is 8.00. The summed E-state index contributed by atoms with van der Waals surface area (Å²) in [6.07, 6.45) is 0. The summed E-state index contributed by atoms with van der Waals surface area (Å²) in [5.41, 5.74) is 0.981. The van der Waals surface area contributed by atoms with Crippen LogP contribution in [-0.2, 0) is 23.9 Å². The fourth-order valence-corrected chi connectivity index (χ4v) is 4.12. The van der Waals surface area contributed by atoms with Gasteiger partial charge in [0.25, 0.3) is 11.8 Å². The molecular formula is C18H20N2O6S. The maximum Gasteiger partial charge on any atom is 0.357 e. The maximum atomic E-state index is 12.5. The van der Waals surface area contributed by atoms with E-state index in [0.717, 1.165) is 5.57 Å². The molecule has 9 heteroatoms. The van der Waals surface area contributed by atoms with Crippen molar-refractivity contribution in [1.82, 2.24) is 10.2 Å². The number of fused-ring (bicyclic) bond motifs is 1. The average Bonchev–Trinajstić information content (AvgIpc) is 2.69. The lowest BCUT2D eigenvalue weighted by molar-refractivity contribution is -0.158. The van der Waals surface area contributed by atoms with Gasteiger partial charge in [0.1, 0.15) is 22.9 Å². The Morgan fingerprint density at radius 3 is 2.74 bits per heavy atom. The Hall–Kier alpha value is -2.52. The van der Waals surface area contributed by atoms with Gasteiger partial charge in [-0.25, -0.2) is 4.79 Å². The van der Waals surface area contributed by atoms with Crippen molar-refractivity contribution in [2.45, 2.75) is 18.3 Å². The smallest absolute Gasteiger partial charge is 0.357 e. The third kappa shape index (κ3) is 4.09. The number of β-lactam (4-membered cyclic amide) rings is 1. The molecular weight excluding hydrogens is 372 g/mol. The topological polar surface area (TPSA) is 94.2 Å². The van der Waals surface area contributed by atoms with E-state index in [4.69, 9.17) is 14.2 Å². The van der Waals surface area contributed by atoms with Gasteiger partial charge in [0, 0.05) is 12.9 Å². The van der Waals surface area contributed by atoms with Gasteiger partial charge in [-0.15, -0.1) is 11.8 Å². The minimum atomic E-state index is -0.694. The number of methoxy groups -OCH3 is 1. The second-order valence-corrected chi connectivity index (χ2v) is 7.13. The molecule has 144 valence electrons. The van der Waals surface area contributed by atoms with Crippen LogP contribution in [0.4, 0.5) is 0 Å². The normalized spacial score (nSPS) is 21.3. The van der Waals surface area contributed by atoms with Crippen LogP contribution in [0.2, 0.25) is 0 Å². The monoisotopic (exact) mass is 392 g/mol. The molecule has 2 aliphatic rings. The van der Waals surface area contributed by atoms with Crippen LogP contribution in [0.25, 0.3) is 0 Å². The SMILES string of the molecule is COCOC(=O)C1=C(C)CS[C@H]2C(NC(=O)COc3ccccc3)C(=O)N12. The molecule has 0 aromatic heterocycles. The molecule has 1 N–H and O–H groups in total. The summed E-state index contributed by atoms with van der Waals surface area (Å²) in [5, 5.41) is 2.34. The Morgan fingerprint density at radius 2 is 2.04 bits per heavy atom. The van der Waals surface area contributed by atoms with E-state index in [9.17, 15) is 14.4 Å². The van der Waals surface area contributed by atoms with Crippen molar-refractivity contribution >= 4 is 29.5 Å². The second-order valence-electron chi connectivity index (χ2n) is 6.02. The Labute approximate surface area is 160 Å². The molecule has 27 heavy (non-hydrogen) atoms. The zero-order valence-corrected chi connectivity index (χ0v) is 15.8. The first-order valence-corrected chi connectivity index (χ1v) is 9.35. The molecule has 1 aromatic rings. The molecule has 0 saturated carbocycles. The van der Waals surface area contributed by atoms with Gasteiger partial charge in [0.05, 0.1) is 0 Å². The van der Waals surface area contributed by atoms with Gasteiger partial charge in [-0.1, -0.05) is 18.2 Å². The lowest BCUT2D eigenvalue weighted by Gasteiger charge is -2.49. The minimum Gasteiger partial charge on any atom is -0.484 e. The van der Waals surface area contributed by atoms with E-state index in [0.29, 0.717) is 11.5 Å². The van der Waals surface area contributed by atoms with E-state index >= 15 is 0 Å². The predicted octanol–water partition coefficient (Wildman–Crippen LogP) is 0.886. The molecule has 1 saturated heterocycles. The summed E-state index contributed by atoms with van der Waals surface area (Å²) in [6.45, 7) is 1.40. The first kappa shape index (κ1) is 19.2. The molecule has 0 bridgehead atoms. The van der Waals surface area contributed by atoms with Gasteiger partial charge in [0.15, 0.2) is 13.4 Å². The number of thioether (sulfide) groups is 1. The van der Waals surface area contributed by atoms with Gasteiger partial charge >= 0.3 is 5.97 Å². The number of benzene rings is 1. The van der Waals surface area contributed by atoms with Crippen LogP contribution in [0.5, 0.6) is 5.75 Å². The number of carbonyl (C=O) groups is 3. The number of para-hydroxylation sites is 1. The van der Waals surface area contributed by atoms with Crippen LogP contribution in [0, 0.1) is 0 Å². The lowest BCUT2D eigenvalue weighted by atomic mass is 10.0. The van der Waals surface area contributed by atoms with Crippen molar-refractivity contribution in [3.8, 4) is 5.75 Å². The van der Waals surface area contributed by atoms with Gasteiger partial charge in [0.2, 0.25) is 0 Å². The molecule has 2 heterocycles. The zero-order valence-electron chi connectivity index (χ0n) is 15.0. The molecule has 1 aromatic carbocycles. The Balaban J connectivity index is 1.58. The largest absolute Gasteiger partial charge is 0.484 e. The van der Waals surface area contributed by atoms with Gasteiger partial charge in [-0.2, -0.15) is 0 Å². The highest BCUT2D eigenvalue weighted by Crippen LogP contribution is 2.40. The van der Waals surface area contributed by atoms with Crippen LogP contribution in [0.15, 0.2) is 41.6 Å². The first-order chi connectivity index (χ1) is 13.0. The number of esters is 1. The number of rotatable bonds is 7. The van der Waals surface area contributed by atoms with Gasteiger partial charge < -0.3 is 19.5 Å². The molecule has 3 rings (SSSR count). The number of carbonyl (C=O) groups excluding carboxylic acids is 3. The highest BCUT2D eigenvalue weighted by atomic mass is 32.2. The molecule has 1 unspecified atom stereocenters. The molecule has 0 aliphatic carbocycles. The van der Waals surface area contributed by atoms with E-state index in [-0.39, 0.29) is 30.4 Å². The Kier molecular flexibility index (Phi) is 6.02. The van der Waals surface area contributed by atoms with Crippen LogP contribution in [0.1, 0.15) is 6.92 Å². The molecule has 8 nitrogen and oxygen atoms in total. The van der Waals surface area contributed by atoms with Crippen molar-refractivity contribution < 1.29 is 28.6 Å². The van der Waals surface area contributed by atoms with Crippen LogP contribution < -0.4 is 10.1 Å². The van der Waals surface area contributed by atoms with E-state index in [1.807, 2.05) is 6.07 Å². The molecule has 0 spiro atoms. The second kappa shape index (κ2) is 8.45. The fourth-order valence-electron chi connectivity index (χ4n) is 2.82. The quantitative estimate of drug-likeness (QED) is 0.418. The summed E-state index contributed by atoms with van der Waals surface area (Å²) in [5.74, 6) is -0.206. The standard InChI is InChI=1S/C18H20N2O6S/c1-11-9-27-17-14(16(22)20(17)15(11)18(23)26-10-24-2)19-13(21)8-25-12-6-4-3-5-7-12/h3-7,14,17H,8-10H2,1-2H3,(H,19,21)/t14?,17-/m0/s1. The number of ether oxygens (including phenoxy) is 3. The van der Waals surface area contributed by atoms with Crippen molar-refractivity contribution in [1.29, 1.82) is 0 Å². The minimum absolute atomic E-state index is 0.188. The number of amides is 2. The maximum absolute atomic E-state index is 12.5. The molecule has 2 aliphatic heterocycles. The highest BCUT2D eigenvalue weighted by Gasteiger charge is 2.54. The molecule has 1 fully saturated rings. The predicted molar refractivity (Wildman–Crippen MR) is 97.6 cm³/mol. The van der Waals surface area contributed by atoms with Crippen LogP contribution >= 0.6 is 11.8 Å². The summed E-state index contributed by atoms with van der Waals surface area (Å²) < 4.78 is 15.1. The van der Waals surface area contributed by atoms with E-state index in [2.05, 4.69) is 5.32 Å². The van der Waals surface area contributed by atoms with Crippen LogP contribution in [0.3, 0.4) is 0 Å².